The topological polar surface area (TPSA) is 42.7 Å². The molecule has 0 atom stereocenters. The second-order valence-electron chi connectivity index (χ2n) is 33.5. The van der Waals surface area contributed by atoms with Crippen molar-refractivity contribution in [2.24, 2.45) is 21.1 Å². The highest BCUT2D eigenvalue weighted by Crippen LogP contribution is 2.51. The second kappa shape index (κ2) is 26.6. The van der Waals surface area contributed by atoms with Gasteiger partial charge in [0.15, 0.2) is 0 Å². The summed E-state index contributed by atoms with van der Waals surface area (Å²) in [6, 6.07) is 140. The number of nitrogens with zero attached hydrogens (tertiary/aromatic N) is 6. The lowest BCUT2D eigenvalue weighted by Crippen LogP contribution is -2.14. The summed E-state index contributed by atoms with van der Waals surface area (Å²) < 4.78 is 23.1. The van der Waals surface area contributed by atoms with E-state index in [2.05, 4.69) is 432 Å². The molecule has 18 aromatic carbocycles. The van der Waals surface area contributed by atoms with Crippen molar-refractivity contribution in [3.05, 3.63) is 393 Å². The number of rotatable bonds is 6. The molecular weight excluding hydrogens is 1500 g/mol. The maximum Gasteiger partial charge on any atom is 0.135 e. The second-order valence-corrected chi connectivity index (χ2v) is 34.6. The maximum absolute atomic E-state index is 6.09. The van der Waals surface area contributed by atoms with Crippen LogP contribution < -0.4 is 0 Å². The number of aromatic nitrogens is 6. The summed E-state index contributed by atoms with van der Waals surface area (Å²) in [5.41, 5.74) is 33.3. The predicted octanol–water partition coefficient (Wildman–Crippen LogP) is 30.9. The average Bonchev–Trinajstić information content (AvgIpc) is 1.58. The first-order valence-corrected chi connectivity index (χ1v) is 42.9. The van der Waals surface area contributed by atoms with Gasteiger partial charge < -0.3 is 31.8 Å². The molecule has 0 N–H and O–H groups in total. The average molecular weight is 1580 g/mol. The Labute approximate surface area is 706 Å². The van der Waals surface area contributed by atoms with E-state index in [1.54, 1.807) is 0 Å². The Kier molecular flexibility index (Phi) is 15.3. The fourth-order valence-corrected chi connectivity index (χ4v) is 22.2. The summed E-state index contributed by atoms with van der Waals surface area (Å²) in [7, 11) is 6.50. The number of hydrogen-bond donors (Lipinski definition) is 0. The van der Waals surface area contributed by atoms with Crippen LogP contribution in [-0.2, 0) is 26.6 Å². The van der Waals surface area contributed by atoms with E-state index in [-0.39, 0.29) is 5.41 Å². The van der Waals surface area contributed by atoms with Gasteiger partial charge in [-0.05, 0) is 207 Å². The summed E-state index contributed by atoms with van der Waals surface area (Å²) in [6.45, 7) is 4.68. The SMILES string of the molecule is Cn1c2ccccc2c2c(-n3c4ccccc4c4cc(-c5ccc6c(c5)-c5ccccc5C6(C)C)ccc43)cccc21.Cn1c2ccccc2c2c(-n3c4ccccc4c4cc(-c5ccc6oc7ccccc7c6c5)ccc43)cccc21.Cn1c2ccccc2c2c(-n3c4ccccc4c4cc(-c5ccc6sc7ccccc7c6c5)ccc43)cccc21. The highest BCUT2D eigenvalue weighted by molar-refractivity contribution is 7.25. The predicted molar refractivity (Wildman–Crippen MR) is 518 cm³/mol. The van der Waals surface area contributed by atoms with Crippen molar-refractivity contribution in [1.29, 1.82) is 0 Å². The van der Waals surface area contributed by atoms with Gasteiger partial charge in [-0.15, -0.1) is 11.3 Å². The molecule has 1 aliphatic rings. The largest absolute Gasteiger partial charge is 0.456 e. The van der Waals surface area contributed by atoms with Gasteiger partial charge in [-0.1, -0.05) is 244 Å². The Morgan fingerprint density at radius 3 is 1.02 bits per heavy atom. The minimum absolute atomic E-state index is 0.0183. The van der Waals surface area contributed by atoms with Crippen LogP contribution in [0.1, 0.15) is 25.0 Å². The molecule has 0 aliphatic heterocycles. The van der Waals surface area contributed by atoms with Gasteiger partial charge >= 0.3 is 0 Å². The molecule has 0 fully saturated rings. The number of para-hydroxylation sites is 7. The number of thiophene rings is 1. The molecule has 0 radical (unpaired) electrons. The van der Waals surface area contributed by atoms with Gasteiger partial charge in [0.2, 0.25) is 0 Å². The van der Waals surface area contributed by atoms with Crippen LogP contribution in [0.25, 0.3) is 235 Å². The minimum Gasteiger partial charge on any atom is -0.456 e. The summed E-state index contributed by atoms with van der Waals surface area (Å²) >= 11 is 1.87. The van der Waals surface area contributed by atoms with Crippen LogP contribution in [0.4, 0.5) is 0 Å². The van der Waals surface area contributed by atoms with Gasteiger partial charge in [0.05, 0.1) is 66.7 Å². The van der Waals surface area contributed by atoms with Crippen molar-refractivity contribution in [3.8, 4) is 61.6 Å². The van der Waals surface area contributed by atoms with Gasteiger partial charge in [-0.25, -0.2) is 0 Å². The third-order valence-corrected chi connectivity index (χ3v) is 28.0. The zero-order valence-electron chi connectivity index (χ0n) is 67.9. The maximum atomic E-state index is 6.09. The van der Waals surface area contributed by atoms with Gasteiger partial charge in [0, 0.05) is 139 Å². The van der Waals surface area contributed by atoms with E-state index >= 15 is 0 Å². The number of furan rings is 1. The first-order chi connectivity index (χ1) is 60.0. The van der Waals surface area contributed by atoms with Crippen LogP contribution >= 0.6 is 11.3 Å². The van der Waals surface area contributed by atoms with E-state index in [1.807, 2.05) is 23.5 Å². The molecule has 8 heteroatoms. The van der Waals surface area contributed by atoms with E-state index in [9.17, 15) is 0 Å². The lowest BCUT2D eigenvalue weighted by atomic mass is 9.82. The van der Waals surface area contributed by atoms with Crippen LogP contribution in [0.5, 0.6) is 0 Å². The summed E-state index contributed by atoms with van der Waals surface area (Å²) in [6.07, 6.45) is 0. The van der Waals surface area contributed by atoms with E-state index in [0.717, 1.165) is 21.9 Å². The zero-order valence-corrected chi connectivity index (χ0v) is 68.7. The Hall–Kier alpha value is -15.2. The fraction of sp³-hybridized carbons (Fsp3) is 0.0526. The Morgan fingerprint density at radius 1 is 0.213 bits per heavy atom. The lowest BCUT2D eigenvalue weighted by molar-refractivity contribution is 0.660. The number of aryl methyl sites for hydroxylation is 3. The molecule has 0 saturated heterocycles. The molecule has 0 spiro atoms. The van der Waals surface area contributed by atoms with Crippen molar-refractivity contribution in [2.45, 2.75) is 19.3 Å². The molecule has 8 aromatic heterocycles. The van der Waals surface area contributed by atoms with Crippen molar-refractivity contribution < 1.29 is 4.42 Å². The molecule has 122 heavy (non-hydrogen) atoms. The Balaban J connectivity index is 0.000000101. The third kappa shape index (κ3) is 10.3. The molecule has 0 saturated carbocycles. The molecule has 7 nitrogen and oxygen atoms in total. The van der Waals surface area contributed by atoms with Crippen molar-refractivity contribution in [1.82, 2.24) is 27.4 Å². The fourth-order valence-electron chi connectivity index (χ4n) is 21.1. The van der Waals surface area contributed by atoms with Crippen LogP contribution in [0.3, 0.4) is 0 Å². The molecule has 0 bridgehead atoms. The monoisotopic (exact) mass is 1580 g/mol. The highest BCUT2D eigenvalue weighted by Gasteiger charge is 2.35. The zero-order chi connectivity index (χ0) is 80.9. The number of fused-ring (bicyclic) bond motifs is 27. The van der Waals surface area contributed by atoms with Gasteiger partial charge in [0.25, 0.3) is 0 Å². The number of benzene rings is 18. The molecule has 1 aliphatic carbocycles. The standard InChI is InChI=1S/C40H30N2.C37H24N2O.C37H24N2S/c1-40(2)32-14-7-4-11-27(32)30-23-25(19-21-33(30)40)26-20-22-36-31(24-26)28-12-5-9-16-35(28)42(36)38-18-10-17-37-39(38)29-13-6-8-15-34(29)41(37)3;2*1-38-30-12-5-3-11-27(30)37-33(38)14-8-15-34(37)39-31-13-6-2-9-25(31)28-21-23(17-19-32(28)39)24-18-20-36-29(22-24)26-10-4-7-16-35(26)40-36/h4-24H,1-3H3;2*2-22H,1H3. The van der Waals surface area contributed by atoms with E-state index < -0.39 is 0 Å². The summed E-state index contributed by atoms with van der Waals surface area (Å²) in [4.78, 5) is 0. The Bertz CT molecular complexity index is 8590. The normalized spacial score (nSPS) is 12.7. The van der Waals surface area contributed by atoms with Crippen molar-refractivity contribution in [2.75, 3.05) is 0 Å². The van der Waals surface area contributed by atoms with E-state index in [1.165, 1.54) is 224 Å². The molecule has 8 heterocycles. The van der Waals surface area contributed by atoms with Crippen LogP contribution in [0.15, 0.2) is 387 Å². The third-order valence-electron chi connectivity index (χ3n) is 26.8. The minimum atomic E-state index is 0.0183. The molecule has 26 aromatic rings. The van der Waals surface area contributed by atoms with Crippen LogP contribution in [0, 0.1) is 0 Å². The van der Waals surface area contributed by atoms with Crippen LogP contribution in [-0.4, -0.2) is 27.4 Å². The van der Waals surface area contributed by atoms with Gasteiger partial charge in [-0.2, -0.15) is 0 Å². The lowest BCUT2D eigenvalue weighted by Gasteiger charge is -2.21. The molecule has 0 unspecified atom stereocenters. The Morgan fingerprint density at radius 2 is 0.533 bits per heavy atom. The molecular formula is C114H78N6OS. The van der Waals surface area contributed by atoms with Crippen LogP contribution in [0.2, 0.25) is 0 Å². The van der Waals surface area contributed by atoms with Gasteiger partial charge in [-0.3, -0.25) is 0 Å². The summed E-state index contributed by atoms with van der Waals surface area (Å²) in [5, 5.41) is 20.3. The first-order valence-electron chi connectivity index (χ1n) is 42.1. The number of hydrogen-bond acceptors (Lipinski definition) is 2. The smallest absolute Gasteiger partial charge is 0.135 e. The van der Waals surface area contributed by atoms with Crippen molar-refractivity contribution >= 4 is 184 Å². The van der Waals surface area contributed by atoms with Gasteiger partial charge in [0.1, 0.15) is 11.2 Å². The van der Waals surface area contributed by atoms with E-state index in [4.69, 9.17) is 4.42 Å². The highest BCUT2D eigenvalue weighted by atomic mass is 32.1. The quantitative estimate of drug-likeness (QED) is 0.164. The summed E-state index contributed by atoms with van der Waals surface area (Å²) in [5.74, 6) is 0. The molecule has 576 valence electrons. The molecule has 0 amide bonds. The first kappa shape index (κ1) is 69.9. The van der Waals surface area contributed by atoms with E-state index in [0.29, 0.717) is 0 Å². The molecule has 27 rings (SSSR count). The van der Waals surface area contributed by atoms with Crippen molar-refractivity contribution in [3.63, 3.8) is 0 Å².